The smallest absolute Gasteiger partial charge is 0.274 e. The van der Waals surface area contributed by atoms with Crippen molar-refractivity contribution in [3.8, 4) is 0 Å². The molecule has 3 aliphatic rings. The number of aliphatic hydroxyl groups is 1. The van der Waals surface area contributed by atoms with E-state index in [9.17, 15) is 9.90 Å². The molecule has 2 heterocycles. The minimum atomic E-state index is -0.469. The van der Waals surface area contributed by atoms with Crippen molar-refractivity contribution in [1.29, 1.82) is 0 Å². The van der Waals surface area contributed by atoms with E-state index in [4.69, 9.17) is 16.3 Å². The third kappa shape index (κ3) is 3.24. The number of halogens is 1. The largest absolute Gasteiger partial charge is 0.504 e. The first-order chi connectivity index (χ1) is 13.0. The van der Waals surface area contributed by atoms with Crippen LogP contribution in [0.4, 0.5) is 0 Å². The topological polar surface area (TPSA) is 74.2 Å². The number of carbonyl (C=O) groups is 1. The van der Waals surface area contributed by atoms with Crippen LogP contribution < -0.4 is 5.32 Å². The number of fused-ring (bicyclic) bond motifs is 2. The summed E-state index contributed by atoms with van der Waals surface area (Å²) in [4.78, 5) is 19.1. The first kappa shape index (κ1) is 18.1. The van der Waals surface area contributed by atoms with Crippen LogP contribution in [0.25, 0.3) is 0 Å². The van der Waals surface area contributed by atoms with Gasteiger partial charge in [0.15, 0.2) is 11.5 Å². The van der Waals surface area contributed by atoms with E-state index in [-0.39, 0.29) is 11.5 Å². The fourth-order valence-corrected chi connectivity index (χ4v) is 4.06. The van der Waals surface area contributed by atoms with Crippen LogP contribution in [0.1, 0.15) is 31.2 Å². The predicted molar refractivity (Wildman–Crippen MR) is 103 cm³/mol. The van der Waals surface area contributed by atoms with Crippen LogP contribution in [0.5, 0.6) is 0 Å². The number of aliphatic hydroxyl groups excluding tert-OH is 1. The van der Waals surface area contributed by atoms with Gasteiger partial charge in [0.05, 0.1) is 12.3 Å². The van der Waals surface area contributed by atoms with Crippen LogP contribution in [0.15, 0.2) is 53.0 Å². The van der Waals surface area contributed by atoms with E-state index in [1.807, 2.05) is 17.0 Å². The monoisotopic (exact) mass is 387 g/mol. The fourth-order valence-electron chi connectivity index (χ4n) is 3.94. The lowest BCUT2D eigenvalue weighted by Gasteiger charge is -2.44. The summed E-state index contributed by atoms with van der Waals surface area (Å²) >= 11 is 5.88. The molecule has 1 saturated carbocycles. The third-order valence-electron chi connectivity index (χ3n) is 5.39. The number of carbonyl (C=O) groups excluding carboxylic acids is 1. The van der Waals surface area contributed by atoms with Gasteiger partial charge in [0, 0.05) is 18.1 Å². The van der Waals surface area contributed by atoms with Gasteiger partial charge in [0.1, 0.15) is 11.4 Å². The number of aliphatic imine (C=N–C) groups is 1. The molecule has 0 unspecified atom stereocenters. The van der Waals surface area contributed by atoms with Gasteiger partial charge in [-0.1, -0.05) is 30.3 Å². The van der Waals surface area contributed by atoms with E-state index in [1.165, 1.54) is 0 Å². The van der Waals surface area contributed by atoms with E-state index in [0.29, 0.717) is 36.3 Å². The van der Waals surface area contributed by atoms with E-state index in [1.54, 1.807) is 12.1 Å². The number of amides is 1. The first-order valence-corrected chi connectivity index (χ1v) is 9.54. The highest BCUT2D eigenvalue weighted by Gasteiger charge is 2.48. The summed E-state index contributed by atoms with van der Waals surface area (Å²) in [6, 6.07) is 7.21. The van der Waals surface area contributed by atoms with E-state index in [0.717, 1.165) is 31.2 Å². The lowest BCUT2D eigenvalue weighted by Crippen LogP contribution is -2.56. The summed E-state index contributed by atoms with van der Waals surface area (Å²) in [5.74, 6) is 0.0857. The van der Waals surface area contributed by atoms with E-state index < -0.39 is 11.5 Å². The summed E-state index contributed by atoms with van der Waals surface area (Å²) in [5, 5.41) is 14.0. The normalized spacial score (nSPS) is 21.3. The Balaban J connectivity index is 1.58. The number of hydrogen-bond acceptors (Lipinski definition) is 5. The van der Waals surface area contributed by atoms with Crippen molar-refractivity contribution >= 4 is 23.3 Å². The molecule has 1 aromatic carbocycles. The van der Waals surface area contributed by atoms with Gasteiger partial charge in [-0.2, -0.15) is 0 Å². The molecule has 1 aromatic rings. The molecule has 2 fully saturated rings. The van der Waals surface area contributed by atoms with E-state index >= 15 is 0 Å². The number of nitrogens with one attached hydrogen (secondary N) is 1. The van der Waals surface area contributed by atoms with Crippen molar-refractivity contribution in [2.75, 3.05) is 13.2 Å². The van der Waals surface area contributed by atoms with Crippen LogP contribution in [0.2, 0.25) is 5.02 Å². The maximum Gasteiger partial charge on any atom is 0.274 e. The zero-order valence-corrected chi connectivity index (χ0v) is 15.8. The quantitative estimate of drug-likeness (QED) is 0.834. The van der Waals surface area contributed by atoms with Gasteiger partial charge in [0.2, 0.25) is 0 Å². The second-order valence-electron chi connectivity index (χ2n) is 7.09. The van der Waals surface area contributed by atoms with Crippen molar-refractivity contribution < 1.29 is 14.6 Å². The molecule has 2 N–H and O–H groups in total. The van der Waals surface area contributed by atoms with Crippen molar-refractivity contribution in [3.05, 3.63) is 58.6 Å². The molecule has 142 valence electrons. The molecular formula is C20H22ClN3O3. The molecule has 1 aliphatic carbocycles. The fraction of sp³-hybridized carbons (Fsp3) is 0.400. The number of ether oxygens (including phenoxy) is 1. The second kappa shape index (κ2) is 7.02. The van der Waals surface area contributed by atoms with Crippen molar-refractivity contribution in [3.63, 3.8) is 0 Å². The highest BCUT2D eigenvalue weighted by Crippen LogP contribution is 2.41. The Morgan fingerprint density at radius 1 is 1.33 bits per heavy atom. The maximum absolute atomic E-state index is 12.7. The summed E-state index contributed by atoms with van der Waals surface area (Å²) in [5.41, 5.74) is 0.845. The molecule has 4 rings (SSSR count). The van der Waals surface area contributed by atoms with Crippen LogP contribution in [-0.4, -0.2) is 40.5 Å². The SMILES string of the molecule is C=C1C(O)=C(C(=O)NCc2ccc(Cl)cc2)N=C2N1CCOC21CCCC1. The predicted octanol–water partition coefficient (Wildman–Crippen LogP) is 3.30. The van der Waals surface area contributed by atoms with Gasteiger partial charge < -0.3 is 20.1 Å². The molecule has 0 radical (unpaired) electrons. The number of morpholine rings is 1. The van der Waals surface area contributed by atoms with Gasteiger partial charge in [-0.15, -0.1) is 0 Å². The molecule has 0 aromatic heterocycles. The van der Waals surface area contributed by atoms with Crippen LogP contribution in [-0.2, 0) is 16.1 Å². The summed E-state index contributed by atoms with van der Waals surface area (Å²) < 4.78 is 6.09. The number of benzene rings is 1. The molecule has 1 spiro atoms. The van der Waals surface area contributed by atoms with Gasteiger partial charge in [0.25, 0.3) is 5.91 Å². The lowest BCUT2D eigenvalue weighted by atomic mass is 9.95. The molecule has 0 atom stereocenters. The lowest BCUT2D eigenvalue weighted by molar-refractivity contribution is -0.118. The number of nitrogens with zero attached hydrogens (tertiary/aromatic N) is 2. The summed E-state index contributed by atoms with van der Waals surface area (Å²) in [7, 11) is 0. The molecule has 1 saturated heterocycles. The molecule has 2 aliphatic heterocycles. The number of hydrogen-bond donors (Lipinski definition) is 2. The number of rotatable bonds is 3. The Bertz CT molecular complexity index is 839. The molecule has 1 amide bonds. The minimum Gasteiger partial charge on any atom is -0.504 e. The average Bonchev–Trinajstić information content (AvgIpc) is 3.13. The van der Waals surface area contributed by atoms with Crippen LogP contribution >= 0.6 is 11.6 Å². The Morgan fingerprint density at radius 3 is 2.74 bits per heavy atom. The van der Waals surface area contributed by atoms with Crippen LogP contribution in [0.3, 0.4) is 0 Å². The molecule has 7 heteroatoms. The molecule has 27 heavy (non-hydrogen) atoms. The van der Waals surface area contributed by atoms with Crippen molar-refractivity contribution in [1.82, 2.24) is 10.2 Å². The second-order valence-corrected chi connectivity index (χ2v) is 7.53. The van der Waals surface area contributed by atoms with Crippen molar-refractivity contribution in [2.24, 2.45) is 4.99 Å². The maximum atomic E-state index is 12.7. The van der Waals surface area contributed by atoms with Crippen LogP contribution in [0, 0.1) is 0 Å². The minimum absolute atomic E-state index is 0.00279. The molecule has 0 bridgehead atoms. The molecule has 6 nitrogen and oxygen atoms in total. The van der Waals surface area contributed by atoms with Gasteiger partial charge >= 0.3 is 0 Å². The zero-order valence-electron chi connectivity index (χ0n) is 15.0. The Labute approximate surface area is 163 Å². The first-order valence-electron chi connectivity index (χ1n) is 9.16. The van der Waals surface area contributed by atoms with E-state index in [2.05, 4.69) is 16.9 Å². The Morgan fingerprint density at radius 2 is 2.04 bits per heavy atom. The van der Waals surface area contributed by atoms with Crippen molar-refractivity contribution in [2.45, 2.75) is 37.8 Å². The zero-order chi connectivity index (χ0) is 19.0. The van der Waals surface area contributed by atoms with Gasteiger partial charge in [-0.25, -0.2) is 4.99 Å². The van der Waals surface area contributed by atoms with Gasteiger partial charge in [-0.05, 0) is 43.4 Å². The van der Waals surface area contributed by atoms with Gasteiger partial charge in [-0.3, -0.25) is 4.79 Å². The summed E-state index contributed by atoms with van der Waals surface area (Å²) in [6.07, 6.45) is 3.87. The third-order valence-corrected chi connectivity index (χ3v) is 5.64. The molecular weight excluding hydrogens is 366 g/mol. The highest BCUT2D eigenvalue weighted by atomic mass is 35.5. The standard InChI is InChI=1S/C20H22ClN3O3/c1-13-17(25)16(18(26)22-12-14-4-6-15(21)7-5-14)23-19-20(8-2-3-9-20)27-11-10-24(13)19/h4-7,25H,1-3,8-12H2,(H,22,26). The Kier molecular flexibility index (Phi) is 4.70. The number of amidine groups is 1. The average molecular weight is 388 g/mol. The Hall–Kier alpha value is -2.31. The highest BCUT2D eigenvalue weighted by molar-refractivity contribution is 6.30. The summed E-state index contributed by atoms with van der Waals surface area (Å²) in [6.45, 7) is 5.43.